The maximum Gasteiger partial charge on any atom is 0.119 e. The molecule has 1 aromatic carbocycles. The zero-order valence-corrected chi connectivity index (χ0v) is 9.40. The van der Waals surface area contributed by atoms with E-state index in [0.29, 0.717) is 13.2 Å². The molecule has 0 radical (unpaired) electrons. The number of methoxy groups -OCH3 is 1. The highest BCUT2D eigenvalue weighted by Gasteiger charge is 1.93. The molecule has 0 saturated carbocycles. The van der Waals surface area contributed by atoms with E-state index in [9.17, 15) is 0 Å². The van der Waals surface area contributed by atoms with Crippen LogP contribution in [0.3, 0.4) is 0 Å². The first-order valence-corrected chi connectivity index (χ1v) is 5.18. The van der Waals surface area contributed by atoms with Crippen molar-refractivity contribution in [3.63, 3.8) is 0 Å². The van der Waals surface area contributed by atoms with Gasteiger partial charge in [-0.2, -0.15) is 0 Å². The Morgan fingerprint density at radius 3 is 2.56 bits per heavy atom. The van der Waals surface area contributed by atoms with Gasteiger partial charge in [0.25, 0.3) is 0 Å². The number of hydrogen-bond donors (Lipinski definition) is 1. The number of ether oxygens (including phenoxy) is 2. The summed E-state index contributed by atoms with van der Waals surface area (Å²) in [6.45, 7) is 1.24. The normalized spacial score (nSPS) is 9.38. The van der Waals surface area contributed by atoms with Crippen LogP contribution in [0.2, 0.25) is 0 Å². The van der Waals surface area contributed by atoms with E-state index in [2.05, 4.69) is 11.8 Å². The Balaban J connectivity index is 2.39. The van der Waals surface area contributed by atoms with E-state index in [1.165, 1.54) is 0 Å². The third-order valence-corrected chi connectivity index (χ3v) is 1.93. The van der Waals surface area contributed by atoms with E-state index in [0.717, 1.165) is 17.7 Å². The predicted octanol–water partition coefficient (Wildman–Crippen LogP) is 1.45. The minimum Gasteiger partial charge on any atom is -0.494 e. The van der Waals surface area contributed by atoms with Crippen LogP contribution in [0.4, 0.5) is 0 Å². The van der Waals surface area contributed by atoms with Crippen LogP contribution in [0.5, 0.6) is 5.75 Å². The maximum atomic E-state index is 8.54. The number of hydrogen-bond acceptors (Lipinski definition) is 3. The van der Waals surface area contributed by atoms with Crippen LogP contribution in [0.15, 0.2) is 24.3 Å². The van der Waals surface area contributed by atoms with Gasteiger partial charge in [0.05, 0.1) is 6.61 Å². The molecule has 3 heteroatoms. The minimum atomic E-state index is -0.116. The fraction of sp³-hybridized carbons (Fsp3) is 0.385. The highest BCUT2D eigenvalue weighted by atomic mass is 16.5. The smallest absolute Gasteiger partial charge is 0.119 e. The van der Waals surface area contributed by atoms with Crippen LogP contribution in [-0.4, -0.2) is 32.0 Å². The Bertz CT molecular complexity index is 346. The van der Waals surface area contributed by atoms with E-state index in [4.69, 9.17) is 14.6 Å². The zero-order chi connectivity index (χ0) is 11.6. The molecular weight excluding hydrogens is 204 g/mol. The van der Waals surface area contributed by atoms with Crippen LogP contribution >= 0.6 is 0 Å². The standard InChI is InChI=1S/C13H16O3/c1-15-10-3-11-16-13-7-5-12(6-8-13)4-2-9-14/h5-8,14H,3,9-11H2,1H3. The first kappa shape index (κ1) is 12.6. The molecule has 0 aliphatic heterocycles. The van der Waals surface area contributed by atoms with Crippen molar-refractivity contribution < 1.29 is 14.6 Å². The molecule has 1 aromatic rings. The van der Waals surface area contributed by atoms with Crippen molar-refractivity contribution in [3.8, 4) is 17.6 Å². The Morgan fingerprint density at radius 2 is 1.94 bits per heavy atom. The van der Waals surface area contributed by atoms with Crippen LogP contribution < -0.4 is 4.74 Å². The molecule has 0 amide bonds. The topological polar surface area (TPSA) is 38.7 Å². The highest BCUT2D eigenvalue weighted by Crippen LogP contribution is 2.11. The fourth-order valence-electron chi connectivity index (χ4n) is 1.17. The van der Waals surface area contributed by atoms with Gasteiger partial charge in [-0.25, -0.2) is 0 Å². The summed E-state index contributed by atoms with van der Waals surface area (Å²) < 4.78 is 10.4. The lowest BCUT2D eigenvalue weighted by Crippen LogP contribution is -2.01. The molecule has 0 bridgehead atoms. The molecule has 16 heavy (non-hydrogen) atoms. The first-order chi connectivity index (χ1) is 7.86. The lowest BCUT2D eigenvalue weighted by Gasteiger charge is -2.05. The summed E-state index contributed by atoms with van der Waals surface area (Å²) in [5, 5.41) is 8.54. The number of aliphatic hydroxyl groups excluding tert-OH is 1. The summed E-state index contributed by atoms with van der Waals surface area (Å²) >= 11 is 0. The molecule has 0 heterocycles. The van der Waals surface area contributed by atoms with Gasteiger partial charge >= 0.3 is 0 Å². The van der Waals surface area contributed by atoms with Crippen LogP contribution in [0, 0.1) is 11.8 Å². The summed E-state index contributed by atoms with van der Waals surface area (Å²) in [6, 6.07) is 7.48. The first-order valence-electron chi connectivity index (χ1n) is 5.18. The molecule has 1 rings (SSSR count). The summed E-state index contributed by atoms with van der Waals surface area (Å²) in [6.07, 6.45) is 0.878. The van der Waals surface area contributed by atoms with Gasteiger partial charge in [-0.3, -0.25) is 0 Å². The van der Waals surface area contributed by atoms with Crippen molar-refractivity contribution in [1.29, 1.82) is 0 Å². The molecular formula is C13H16O3. The molecule has 0 aromatic heterocycles. The molecule has 1 N–H and O–H groups in total. The third kappa shape index (κ3) is 4.83. The SMILES string of the molecule is COCCCOc1ccc(C#CCO)cc1. The molecule has 0 fully saturated rings. The number of benzene rings is 1. The van der Waals surface area contributed by atoms with Gasteiger partial charge in [-0.15, -0.1) is 0 Å². The molecule has 86 valence electrons. The summed E-state index contributed by atoms with van der Waals surface area (Å²) in [5.41, 5.74) is 0.873. The van der Waals surface area contributed by atoms with E-state index in [1.807, 2.05) is 24.3 Å². The Labute approximate surface area is 96.0 Å². The molecule has 0 aliphatic carbocycles. The molecule has 3 nitrogen and oxygen atoms in total. The largest absolute Gasteiger partial charge is 0.494 e. The molecule has 0 aliphatic rings. The van der Waals surface area contributed by atoms with E-state index in [-0.39, 0.29) is 6.61 Å². The van der Waals surface area contributed by atoms with Crippen molar-refractivity contribution in [2.75, 3.05) is 26.9 Å². The van der Waals surface area contributed by atoms with Gasteiger partial charge in [0, 0.05) is 25.7 Å². The van der Waals surface area contributed by atoms with Gasteiger partial charge in [0.2, 0.25) is 0 Å². The molecule has 0 saturated heterocycles. The molecule has 0 atom stereocenters. The summed E-state index contributed by atoms with van der Waals surface area (Å²) in [5.74, 6) is 6.24. The monoisotopic (exact) mass is 220 g/mol. The molecule has 0 unspecified atom stereocenters. The van der Waals surface area contributed by atoms with Crippen LogP contribution in [-0.2, 0) is 4.74 Å². The average Bonchev–Trinajstić information content (AvgIpc) is 2.33. The second-order valence-electron chi connectivity index (χ2n) is 3.18. The average molecular weight is 220 g/mol. The summed E-state index contributed by atoms with van der Waals surface area (Å²) in [7, 11) is 1.68. The van der Waals surface area contributed by atoms with Crippen LogP contribution in [0.1, 0.15) is 12.0 Å². The Kier molecular flexibility index (Phi) is 6.09. The van der Waals surface area contributed by atoms with Crippen LogP contribution in [0.25, 0.3) is 0 Å². The van der Waals surface area contributed by atoms with Gasteiger partial charge in [0.1, 0.15) is 12.4 Å². The van der Waals surface area contributed by atoms with Gasteiger partial charge in [-0.05, 0) is 24.3 Å². The van der Waals surface area contributed by atoms with Crippen molar-refractivity contribution in [1.82, 2.24) is 0 Å². The summed E-state index contributed by atoms with van der Waals surface area (Å²) in [4.78, 5) is 0. The van der Waals surface area contributed by atoms with E-state index >= 15 is 0 Å². The lowest BCUT2D eigenvalue weighted by molar-refractivity contribution is 0.172. The quantitative estimate of drug-likeness (QED) is 0.603. The predicted molar refractivity (Wildman–Crippen MR) is 62.4 cm³/mol. The highest BCUT2D eigenvalue weighted by molar-refractivity contribution is 5.38. The maximum absolute atomic E-state index is 8.54. The Hall–Kier alpha value is -1.50. The number of aliphatic hydroxyl groups is 1. The van der Waals surface area contributed by atoms with E-state index in [1.54, 1.807) is 7.11 Å². The Morgan fingerprint density at radius 1 is 1.19 bits per heavy atom. The molecule has 0 spiro atoms. The second kappa shape index (κ2) is 7.75. The third-order valence-electron chi connectivity index (χ3n) is 1.93. The lowest BCUT2D eigenvalue weighted by atomic mass is 10.2. The van der Waals surface area contributed by atoms with Crippen molar-refractivity contribution >= 4 is 0 Å². The van der Waals surface area contributed by atoms with Crippen molar-refractivity contribution in [3.05, 3.63) is 29.8 Å². The minimum absolute atomic E-state index is 0.116. The van der Waals surface area contributed by atoms with Gasteiger partial charge < -0.3 is 14.6 Å². The van der Waals surface area contributed by atoms with Crippen molar-refractivity contribution in [2.24, 2.45) is 0 Å². The fourth-order valence-corrected chi connectivity index (χ4v) is 1.17. The number of rotatable bonds is 5. The second-order valence-corrected chi connectivity index (χ2v) is 3.18. The zero-order valence-electron chi connectivity index (χ0n) is 9.40. The van der Waals surface area contributed by atoms with Gasteiger partial charge in [0.15, 0.2) is 0 Å². The van der Waals surface area contributed by atoms with Crippen molar-refractivity contribution in [2.45, 2.75) is 6.42 Å². The van der Waals surface area contributed by atoms with E-state index < -0.39 is 0 Å². The van der Waals surface area contributed by atoms with Gasteiger partial charge in [-0.1, -0.05) is 11.8 Å².